The summed E-state index contributed by atoms with van der Waals surface area (Å²) in [5.74, 6) is 0. The Morgan fingerprint density at radius 3 is 1.89 bits per heavy atom. The van der Waals surface area contributed by atoms with Crippen LogP contribution in [-0.2, 0) is 12.4 Å². The Hall–Kier alpha value is -2.33. The number of alkyl halides is 6. The number of halogens is 6. The van der Waals surface area contributed by atoms with E-state index in [9.17, 15) is 31.4 Å². The zero-order chi connectivity index (χ0) is 21.1. The minimum absolute atomic E-state index is 0.0312. The molecule has 0 aliphatic carbocycles. The van der Waals surface area contributed by atoms with Crippen molar-refractivity contribution in [3.8, 4) is 0 Å². The highest BCUT2D eigenvalue weighted by molar-refractivity contribution is 7.80. The highest BCUT2D eigenvalue weighted by atomic mass is 32.1. The van der Waals surface area contributed by atoms with Crippen LogP contribution in [-0.4, -0.2) is 16.3 Å². The normalized spacial score (nSPS) is 14.3. The molecule has 0 spiro atoms. The van der Waals surface area contributed by atoms with E-state index in [2.05, 4.69) is 10.6 Å². The zero-order valence-electron chi connectivity index (χ0n) is 14.4. The van der Waals surface area contributed by atoms with E-state index in [-0.39, 0.29) is 11.2 Å². The number of aliphatic hydroxyl groups excluding tert-OH is 1. The van der Waals surface area contributed by atoms with E-state index < -0.39 is 41.3 Å². The molecule has 2 aromatic carbocycles. The lowest BCUT2D eigenvalue weighted by molar-refractivity contribution is -0.143. The first-order valence-corrected chi connectivity index (χ1v) is 8.39. The van der Waals surface area contributed by atoms with Crippen molar-refractivity contribution >= 4 is 23.0 Å². The van der Waals surface area contributed by atoms with Crippen LogP contribution in [0.5, 0.6) is 0 Å². The molecule has 0 unspecified atom stereocenters. The van der Waals surface area contributed by atoms with Crippen LogP contribution in [0, 0.1) is 0 Å². The standard InChI is InChI=1S/C18H16F6N2OS/c1-10(15(27)11-5-3-2-4-6-11)25-16(28)26-14-8-12(17(19,20)21)7-13(9-14)18(22,23)24/h2-10,15,27H,1H3,(H2,25,26,28)/t10-,15+/m0/s1. The van der Waals surface area contributed by atoms with Crippen molar-refractivity contribution < 1.29 is 31.4 Å². The monoisotopic (exact) mass is 422 g/mol. The number of anilines is 1. The van der Waals surface area contributed by atoms with Gasteiger partial charge in [0.25, 0.3) is 0 Å². The molecule has 3 nitrogen and oxygen atoms in total. The maximum Gasteiger partial charge on any atom is 0.416 e. The summed E-state index contributed by atoms with van der Waals surface area (Å²) in [5, 5.41) is 15.0. The lowest BCUT2D eigenvalue weighted by atomic mass is 10.0. The van der Waals surface area contributed by atoms with Crippen LogP contribution >= 0.6 is 12.2 Å². The molecule has 2 rings (SSSR count). The number of benzene rings is 2. The quantitative estimate of drug-likeness (QED) is 0.472. The first-order valence-electron chi connectivity index (χ1n) is 7.98. The van der Waals surface area contributed by atoms with Crippen LogP contribution in [0.15, 0.2) is 48.5 Å². The first-order chi connectivity index (χ1) is 12.9. The molecule has 2 atom stereocenters. The summed E-state index contributed by atoms with van der Waals surface area (Å²) in [4.78, 5) is 0. The third kappa shape index (κ3) is 5.83. The summed E-state index contributed by atoms with van der Waals surface area (Å²) in [6.07, 6.45) is -10.9. The third-order valence-electron chi connectivity index (χ3n) is 3.82. The predicted octanol–water partition coefficient (Wildman–Crippen LogP) is 5.13. The Balaban J connectivity index is 2.16. The van der Waals surface area contributed by atoms with Crippen molar-refractivity contribution in [3.05, 3.63) is 65.2 Å². The van der Waals surface area contributed by atoms with Gasteiger partial charge in [0, 0.05) is 5.69 Å². The van der Waals surface area contributed by atoms with Crippen molar-refractivity contribution in [2.75, 3.05) is 5.32 Å². The molecule has 152 valence electrons. The molecule has 0 aromatic heterocycles. The van der Waals surface area contributed by atoms with Gasteiger partial charge in [-0.1, -0.05) is 30.3 Å². The molecule has 10 heteroatoms. The molecule has 0 amide bonds. The first kappa shape index (κ1) is 22.0. The summed E-state index contributed by atoms with van der Waals surface area (Å²) in [5.41, 5.74) is -2.81. The van der Waals surface area contributed by atoms with Gasteiger partial charge < -0.3 is 15.7 Å². The number of aliphatic hydroxyl groups is 1. The highest BCUT2D eigenvalue weighted by Gasteiger charge is 2.37. The summed E-state index contributed by atoms with van der Waals surface area (Å²) in [6, 6.07) is 8.95. The van der Waals surface area contributed by atoms with Crippen molar-refractivity contribution in [2.45, 2.75) is 31.4 Å². The Morgan fingerprint density at radius 2 is 1.43 bits per heavy atom. The summed E-state index contributed by atoms with van der Waals surface area (Å²) >= 11 is 4.96. The molecule has 0 heterocycles. The highest BCUT2D eigenvalue weighted by Crippen LogP contribution is 2.37. The van der Waals surface area contributed by atoms with Gasteiger partial charge in [0.1, 0.15) is 0 Å². The average Bonchev–Trinajstić information content (AvgIpc) is 2.59. The number of thiocarbonyl (C=S) groups is 1. The predicted molar refractivity (Wildman–Crippen MR) is 96.7 cm³/mol. The second-order valence-electron chi connectivity index (χ2n) is 6.04. The Morgan fingerprint density at radius 1 is 0.929 bits per heavy atom. The van der Waals surface area contributed by atoms with Crippen molar-refractivity contribution in [3.63, 3.8) is 0 Å². The van der Waals surface area contributed by atoms with E-state index in [1.807, 2.05) is 0 Å². The van der Waals surface area contributed by atoms with Crippen molar-refractivity contribution in [1.82, 2.24) is 5.32 Å². The summed E-state index contributed by atoms with van der Waals surface area (Å²) < 4.78 is 77.4. The largest absolute Gasteiger partial charge is 0.416 e. The third-order valence-corrected chi connectivity index (χ3v) is 4.04. The maximum absolute atomic E-state index is 12.9. The van der Waals surface area contributed by atoms with Gasteiger partial charge in [-0.2, -0.15) is 26.3 Å². The smallest absolute Gasteiger partial charge is 0.386 e. The number of nitrogens with one attached hydrogen (secondary N) is 2. The SMILES string of the molecule is C[C@H](NC(=S)Nc1cc(C(F)(F)F)cc(C(F)(F)F)c1)[C@@H](O)c1ccccc1. The molecular formula is C18H16F6N2OS. The van der Waals surface area contributed by atoms with Crippen LogP contribution in [0.3, 0.4) is 0 Å². The van der Waals surface area contributed by atoms with E-state index in [1.54, 1.807) is 37.3 Å². The molecule has 0 saturated heterocycles. The minimum atomic E-state index is -4.95. The minimum Gasteiger partial charge on any atom is -0.386 e. The van der Waals surface area contributed by atoms with Crippen LogP contribution in [0.1, 0.15) is 29.7 Å². The fraction of sp³-hybridized carbons (Fsp3) is 0.278. The topological polar surface area (TPSA) is 44.3 Å². The molecule has 2 aromatic rings. The Kier molecular flexibility index (Phi) is 6.56. The van der Waals surface area contributed by atoms with Crippen LogP contribution < -0.4 is 10.6 Å². The van der Waals surface area contributed by atoms with Gasteiger partial charge in [-0.25, -0.2) is 0 Å². The second kappa shape index (κ2) is 8.36. The lowest BCUT2D eigenvalue weighted by Crippen LogP contribution is -2.39. The van der Waals surface area contributed by atoms with E-state index in [0.717, 1.165) is 0 Å². The molecule has 0 aliphatic heterocycles. The molecule has 3 N–H and O–H groups in total. The maximum atomic E-state index is 12.9. The number of hydrogen-bond acceptors (Lipinski definition) is 2. The van der Waals surface area contributed by atoms with Gasteiger partial charge in [0.2, 0.25) is 0 Å². The van der Waals surface area contributed by atoms with Gasteiger partial charge in [0.15, 0.2) is 5.11 Å². The fourth-order valence-corrected chi connectivity index (χ4v) is 2.72. The van der Waals surface area contributed by atoms with E-state index >= 15 is 0 Å². The van der Waals surface area contributed by atoms with E-state index in [1.165, 1.54) is 0 Å². The van der Waals surface area contributed by atoms with E-state index in [0.29, 0.717) is 17.7 Å². The van der Waals surface area contributed by atoms with E-state index in [4.69, 9.17) is 12.2 Å². The van der Waals surface area contributed by atoms with Crippen molar-refractivity contribution in [1.29, 1.82) is 0 Å². The second-order valence-corrected chi connectivity index (χ2v) is 6.45. The van der Waals surface area contributed by atoms with Gasteiger partial charge in [-0.15, -0.1) is 0 Å². The molecule has 28 heavy (non-hydrogen) atoms. The number of hydrogen-bond donors (Lipinski definition) is 3. The van der Waals surface area contributed by atoms with Crippen LogP contribution in [0.4, 0.5) is 32.0 Å². The fourth-order valence-electron chi connectivity index (χ4n) is 2.42. The van der Waals surface area contributed by atoms with Gasteiger partial charge in [0.05, 0.1) is 23.3 Å². The molecule has 0 radical (unpaired) electrons. The molecule has 0 saturated carbocycles. The Labute approximate surface area is 162 Å². The molecular weight excluding hydrogens is 406 g/mol. The molecule has 0 fully saturated rings. The molecule has 0 bridgehead atoms. The average molecular weight is 422 g/mol. The number of rotatable bonds is 4. The molecule has 0 aliphatic rings. The van der Waals surface area contributed by atoms with Gasteiger partial charge >= 0.3 is 12.4 Å². The van der Waals surface area contributed by atoms with Crippen LogP contribution in [0.25, 0.3) is 0 Å². The lowest BCUT2D eigenvalue weighted by Gasteiger charge is -2.23. The summed E-state index contributed by atoms with van der Waals surface area (Å²) in [6.45, 7) is 1.57. The van der Waals surface area contributed by atoms with Gasteiger partial charge in [-0.05, 0) is 42.9 Å². The van der Waals surface area contributed by atoms with Crippen LogP contribution in [0.2, 0.25) is 0 Å². The zero-order valence-corrected chi connectivity index (χ0v) is 15.2. The summed E-state index contributed by atoms with van der Waals surface area (Å²) in [7, 11) is 0. The van der Waals surface area contributed by atoms with Crippen molar-refractivity contribution in [2.24, 2.45) is 0 Å². The van der Waals surface area contributed by atoms with Gasteiger partial charge in [-0.3, -0.25) is 0 Å². The Bertz CT molecular complexity index is 791.